The minimum Gasteiger partial charge on any atom is -0.444 e. The molecule has 0 radical (unpaired) electrons. The highest BCUT2D eigenvalue weighted by atomic mass is 35.5. The number of ether oxygens (including phenoxy) is 2. The van der Waals surface area contributed by atoms with Crippen LogP contribution < -0.4 is 4.90 Å². The van der Waals surface area contributed by atoms with E-state index >= 15 is 0 Å². The Kier molecular flexibility index (Phi) is 5.52. The van der Waals surface area contributed by atoms with Crippen LogP contribution in [-0.4, -0.2) is 52.3 Å². The molecule has 1 aromatic rings. The number of anilines is 1. The van der Waals surface area contributed by atoms with E-state index in [0.29, 0.717) is 30.0 Å². The minimum atomic E-state index is -1.13. The van der Waals surface area contributed by atoms with Gasteiger partial charge in [-0.2, -0.15) is 4.90 Å². The van der Waals surface area contributed by atoms with Gasteiger partial charge in [-0.3, -0.25) is 4.79 Å². The number of fused-ring (bicyclic) bond motifs is 2. The molecule has 1 saturated heterocycles. The second-order valence-electron chi connectivity index (χ2n) is 9.73. The van der Waals surface area contributed by atoms with E-state index in [9.17, 15) is 14.4 Å². The summed E-state index contributed by atoms with van der Waals surface area (Å²) >= 11 is 6.18. The lowest BCUT2D eigenvalue weighted by Gasteiger charge is -2.39. The Hall–Kier alpha value is -2.35. The molecule has 0 bridgehead atoms. The zero-order chi connectivity index (χ0) is 22.5. The van der Waals surface area contributed by atoms with Crippen LogP contribution in [0.5, 0.6) is 0 Å². The lowest BCUT2D eigenvalue weighted by atomic mass is 9.75. The Morgan fingerprint density at radius 2 is 1.70 bits per heavy atom. The number of hydrogen-bond acceptors (Lipinski definition) is 6. The van der Waals surface area contributed by atoms with Crippen LogP contribution in [0.1, 0.15) is 59.9 Å². The van der Waals surface area contributed by atoms with E-state index in [1.54, 1.807) is 47.6 Å². The number of likely N-dealkylation sites (tertiary alicyclic amines) is 1. The van der Waals surface area contributed by atoms with Gasteiger partial charge in [0.25, 0.3) is 0 Å². The molecule has 0 unspecified atom stereocenters. The van der Waals surface area contributed by atoms with Gasteiger partial charge < -0.3 is 14.4 Å². The Bertz CT molecular complexity index is 890. The van der Waals surface area contributed by atoms with E-state index in [2.05, 4.69) is 4.98 Å². The van der Waals surface area contributed by atoms with Gasteiger partial charge in [0.15, 0.2) is 0 Å². The maximum absolute atomic E-state index is 13.6. The standard InChI is InChI=1S/C21H28ClN3O5/c1-19(2,3)29-17(27)24-9-7-8-21(12-24)14-10-13(22)11-23-15(14)25(16(21)26)18(28)30-20(4,5)6/h10-11H,7-9,12H2,1-6H3/t21-/m0/s1. The first-order chi connectivity index (χ1) is 13.7. The smallest absolute Gasteiger partial charge is 0.423 e. The van der Waals surface area contributed by atoms with Gasteiger partial charge >= 0.3 is 12.2 Å². The Labute approximate surface area is 181 Å². The Balaban J connectivity index is 2.00. The van der Waals surface area contributed by atoms with Crippen LogP contribution in [0.3, 0.4) is 0 Å². The first-order valence-corrected chi connectivity index (χ1v) is 10.3. The fraction of sp³-hybridized carbons (Fsp3) is 0.619. The normalized spacial score (nSPS) is 21.6. The molecule has 9 heteroatoms. The summed E-state index contributed by atoms with van der Waals surface area (Å²) in [5.74, 6) is -0.264. The van der Waals surface area contributed by atoms with Crippen molar-refractivity contribution in [2.24, 2.45) is 0 Å². The molecule has 2 aliphatic heterocycles. The zero-order valence-corrected chi connectivity index (χ0v) is 19.0. The molecule has 8 nitrogen and oxygen atoms in total. The fourth-order valence-electron chi connectivity index (χ4n) is 3.80. The summed E-state index contributed by atoms with van der Waals surface area (Å²) < 4.78 is 10.9. The summed E-state index contributed by atoms with van der Waals surface area (Å²) in [7, 11) is 0. The lowest BCUT2D eigenvalue weighted by molar-refractivity contribution is -0.124. The number of rotatable bonds is 0. The van der Waals surface area contributed by atoms with E-state index < -0.39 is 34.7 Å². The molecular formula is C21H28ClN3O5. The molecular weight excluding hydrogens is 410 g/mol. The number of imide groups is 1. The first kappa shape index (κ1) is 22.3. The highest BCUT2D eigenvalue weighted by Crippen LogP contribution is 2.47. The molecule has 1 atom stereocenters. The quantitative estimate of drug-likeness (QED) is 0.601. The number of piperidine rings is 1. The van der Waals surface area contributed by atoms with Gasteiger partial charge in [-0.1, -0.05) is 11.6 Å². The number of halogens is 1. The highest BCUT2D eigenvalue weighted by Gasteiger charge is 2.57. The number of aromatic nitrogens is 1. The molecule has 3 rings (SSSR count). The van der Waals surface area contributed by atoms with Gasteiger partial charge in [-0.05, 0) is 60.5 Å². The summed E-state index contributed by atoms with van der Waals surface area (Å²) in [6, 6.07) is 1.64. The first-order valence-electron chi connectivity index (χ1n) is 9.95. The number of nitrogens with zero attached hydrogens (tertiary/aromatic N) is 3. The van der Waals surface area contributed by atoms with E-state index in [4.69, 9.17) is 21.1 Å². The summed E-state index contributed by atoms with van der Waals surface area (Å²) in [4.78, 5) is 45.9. The molecule has 3 heterocycles. The van der Waals surface area contributed by atoms with Crippen molar-refractivity contribution >= 4 is 35.5 Å². The highest BCUT2D eigenvalue weighted by molar-refractivity contribution is 6.31. The topological polar surface area (TPSA) is 89.0 Å². The maximum atomic E-state index is 13.6. The van der Waals surface area contributed by atoms with E-state index in [1.165, 1.54) is 11.1 Å². The summed E-state index contributed by atoms with van der Waals surface area (Å²) in [6.45, 7) is 11.1. The van der Waals surface area contributed by atoms with Gasteiger partial charge in [0, 0.05) is 24.8 Å². The molecule has 3 amide bonds. The third-order valence-electron chi connectivity index (χ3n) is 4.89. The zero-order valence-electron chi connectivity index (χ0n) is 18.2. The molecule has 0 aromatic carbocycles. The number of amides is 3. The molecule has 2 aliphatic rings. The SMILES string of the molecule is CC(C)(C)OC(=O)N1CCC[C@@]2(C1)C(=O)N(C(=O)OC(C)(C)C)c1ncc(Cl)cc12. The van der Waals surface area contributed by atoms with Crippen molar-refractivity contribution in [2.45, 2.75) is 71.0 Å². The van der Waals surface area contributed by atoms with Crippen molar-refractivity contribution in [2.75, 3.05) is 18.0 Å². The van der Waals surface area contributed by atoms with Crippen molar-refractivity contribution in [1.82, 2.24) is 9.88 Å². The molecule has 0 aliphatic carbocycles. The number of hydrogen-bond donors (Lipinski definition) is 0. The van der Waals surface area contributed by atoms with Gasteiger partial charge in [0.2, 0.25) is 5.91 Å². The predicted molar refractivity (Wildman–Crippen MR) is 112 cm³/mol. The summed E-state index contributed by atoms with van der Waals surface area (Å²) in [6.07, 6.45) is 1.12. The van der Waals surface area contributed by atoms with E-state index in [1.807, 2.05) is 0 Å². The molecule has 1 fully saturated rings. The largest absolute Gasteiger partial charge is 0.444 e. The third-order valence-corrected chi connectivity index (χ3v) is 5.10. The van der Waals surface area contributed by atoms with E-state index in [-0.39, 0.29) is 12.4 Å². The number of pyridine rings is 1. The molecule has 0 N–H and O–H groups in total. The van der Waals surface area contributed by atoms with Crippen molar-refractivity contribution in [3.8, 4) is 0 Å². The van der Waals surface area contributed by atoms with Crippen molar-refractivity contribution in [3.63, 3.8) is 0 Å². The third kappa shape index (κ3) is 4.24. The van der Waals surface area contributed by atoms with Gasteiger partial charge in [0.1, 0.15) is 17.0 Å². The molecule has 0 saturated carbocycles. The predicted octanol–water partition coefficient (Wildman–Crippen LogP) is 4.29. The second kappa shape index (κ2) is 7.41. The summed E-state index contributed by atoms with van der Waals surface area (Å²) in [5.41, 5.74) is -2.04. The van der Waals surface area contributed by atoms with Gasteiger partial charge in [-0.25, -0.2) is 14.6 Å². The van der Waals surface area contributed by atoms with Crippen LogP contribution >= 0.6 is 11.6 Å². The van der Waals surface area contributed by atoms with Crippen LogP contribution in [0.15, 0.2) is 12.3 Å². The Morgan fingerprint density at radius 1 is 1.10 bits per heavy atom. The number of carbonyl (C=O) groups excluding carboxylic acids is 3. The van der Waals surface area contributed by atoms with Crippen LogP contribution in [0.2, 0.25) is 5.02 Å². The Morgan fingerprint density at radius 3 is 2.30 bits per heavy atom. The van der Waals surface area contributed by atoms with Crippen LogP contribution in [-0.2, 0) is 19.7 Å². The fourth-order valence-corrected chi connectivity index (χ4v) is 3.96. The van der Waals surface area contributed by atoms with Crippen molar-refractivity contribution < 1.29 is 23.9 Å². The minimum absolute atomic E-state index is 0.0784. The van der Waals surface area contributed by atoms with Crippen LogP contribution in [0, 0.1) is 0 Å². The van der Waals surface area contributed by atoms with Crippen LogP contribution in [0.25, 0.3) is 0 Å². The van der Waals surface area contributed by atoms with E-state index in [0.717, 1.165) is 4.90 Å². The maximum Gasteiger partial charge on any atom is 0.423 e. The average molecular weight is 438 g/mol. The monoisotopic (exact) mass is 437 g/mol. The molecule has 1 aromatic heterocycles. The average Bonchev–Trinajstić information content (AvgIpc) is 2.81. The van der Waals surface area contributed by atoms with Gasteiger partial charge in [-0.15, -0.1) is 0 Å². The number of carbonyl (C=O) groups is 3. The second-order valence-corrected chi connectivity index (χ2v) is 10.2. The van der Waals surface area contributed by atoms with Crippen LogP contribution in [0.4, 0.5) is 15.4 Å². The molecule has 164 valence electrons. The summed E-state index contributed by atoms with van der Waals surface area (Å²) in [5, 5.41) is 0.348. The van der Waals surface area contributed by atoms with Crippen molar-refractivity contribution in [1.29, 1.82) is 0 Å². The lowest BCUT2D eigenvalue weighted by Crippen LogP contribution is -2.55. The molecule has 1 spiro atoms. The molecule has 30 heavy (non-hydrogen) atoms. The van der Waals surface area contributed by atoms with Crippen molar-refractivity contribution in [3.05, 3.63) is 22.8 Å². The van der Waals surface area contributed by atoms with Gasteiger partial charge in [0.05, 0.1) is 10.4 Å².